The average molecular weight is 583 g/mol. The lowest BCUT2D eigenvalue weighted by Crippen LogP contribution is -2.41. The minimum Gasteiger partial charge on any atom is -0.399 e. The maximum absolute atomic E-state index is 6.33. The monoisotopic (exact) mass is 582 g/mol. The van der Waals surface area contributed by atoms with Crippen LogP contribution < -0.4 is 5.46 Å². The lowest BCUT2D eigenvalue weighted by molar-refractivity contribution is 0.00578. The molecule has 0 bridgehead atoms. The van der Waals surface area contributed by atoms with Crippen molar-refractivity contribution in [2.75, 3.05) is 0 Å². The fraction of sp³-hybridized carbons (Fsp3) is 0.143. The summed E-state index contributed by atoms with van der Waals surface area (Å²) in [6.45, 7) is 8.38. The van der Waals surface area contributed by atoms with Gasteiger partial charge in [-0.3, -0.25) is 0 Å². The second-order valence-corrected chi connectivity index (χ2v) is 13.3. The molecule has 7 aromatic carbocycles. The quantitative estimate of drug-likeness (QED) is 0.192. The Labute approximate surface area is 265 Å². The zero-order valence-corrected chi connectivity index (χ0v) is 26.2. The van der Waals surface area contributed by atoms with Crippen molar-refractivity contribution in [3.8, 4) is 33.4 Å². The van der Waals surface area contributed by atoms with Gasteiger partial charge in [0.15, 0.2) is 0 Å². The molecule has 2 nitrogen and oxygen atoms in total. The van der Waals surface area contributed by atoms with Crippen LogP contribution in [0.15, 0.2) is 140 Å². The summed E-state index contributed by atoms with van der Waals surface area (Å²) < 4.78 is 12.7. The van der Waals surface area contributed by atoms with E-state index in [1.165, 1.54) is 65.7 Å². The molecule has 7 aromatic rings. The molecule has 0 saturated carbocycles. The van der Waals surface area contributed by atoms with E-state index < -0.39 is 0 Å². The van der Waals surface area contributed by atoms with Gasteiger partial charge in [0.1, 0.15) is 0 Å². The molecule has 0 N–H and O–H groups in total. The van der Waals surface area contributed by atoms with Gasteiger partial charge in [-0.05, 0) is 123 Å². The molecule has 0 aromatic heterocycles. The topological polar surface area (TPSA) is 18.5 Å². The standard InChI is InChI=1S/C42H35BO2/c1-41(2)42(3,4)45-43(44-41)38-22-21-28-15-16-35(26-37(28)27-38)34-20-19-32-23-31(17-18-33(32)24-34)30-11-7-12-36(25-30)40-14-8-10-29-9-5-6-13-39(29)40/h5-27H,1-4H3. The third-order valence-electron chi connectivity index (χ3n) is 9.86. The van der Waals surface area contributed by atoms with Crippen LogP contribution in [0.1, 0.15) is 27.7 Å². The van der Waals surface area contributed by atoms with E-state index in [9.17, 15) is 0 Å². The van der Waals surface area contributed by atoms with Crippen molar-refractivity contribution in [3.05, 3.63) is 140 Å². The molecular formula is C42H35BO2. The van der Waals surface area contributed by atoms with Gasteiger partial charge in [-0.25, -0.2) is 0 Å². The fourth-order valence-corrected chi connectivity index (χ4v) is 6.52. The van der Waals surface area contributed by atoms with Crippen molar-refractivity contribution < 1.29 is 9.31 Å². The van der Waals surface area contributed by atoms with Crippen LogP contribution in [0, 0.1) is 0 Å². The zero-order valence-electron chi connectivity index (χ0n) is 26.2. The van der Waals surface area contributed by atoms with Crippen LogP contribution in [0.2, 0.25) is 0 Å². The van der Waals surface area contributed by atoms with E-state index in [-0.39, 0.29) is 18.3 Å². The van der Waals surface area contributed by atoms with Gasteiger partial charge in [0.05, 0.1) is 11.2 Å². The smallest absolute Gasteiger partial charge is 0.399 e. The summed E-state index contributed by atoms with van der Waals surface area (Å²) in [4.78, 5) is 0. The van der Waals surface area contributed by atoms with Crippen molar-refractivity contribution in [1.29, 1.82) is 0 Å². The summed E-state index contributed by atoms with van der Waals surface area (Å²) in [5.74, 6) is 0. The highest BCUT2D eigenvalue weighted by Gasteiger charge is 2.51. The minimum absolute atomic E-state index is 0.362. The van der Waals surface area contributed by atoms with Gasteiger partial charge in [-0.1, -0.05) is 115 Å². The van der Waals surface area contributed by atoms with E-state index in [0.29, 0.717) is 0 Å². The Hall–Kier alpha value is -4.70. The molecule has 1 aliphatic heterocycles. The van der Waals surface area contributed by atoms with Gasteiger partial charge in [0.2, 0.25) is 0 Å². The molecule has 1 fully saturated rings. The lowest BCUT2D eigenvalue weighted by Gasteiger charge is -2.32. The average Bonchev–Trinajstić information content (AvgIpc) is 3.29. The molecule has 0 aliphatic carbocycles. The van der Waals surface area contributed by atoms with Gasteiger partial charge >= 0.3 is 7.12 Å². The van der Waals surface area contributed by atoms with E-state index in [1.54, 1.807) is 0 Å². The Kier molecular flexibility index (Phi) is 6.46. The summed E-state index contributed by atoms with van der Waals surface area (Å²) in [5, 5.41) is 7.39. The molecule has 0 spiro atoms. The van der Waals surface area contributed by atoms with Gasteiger partial charge in [0.25, 0.3) is 0 Å². The predicted molar refractivity (Wildman–Crippen MR) is 191 cm³/mol. The van der Waals surface area contributed by atoms with E-state index in [2.05, 4.69) is 167 Å². The van der Waals surface area contributed by atoms with Crippen molar-refractivity contribution in [1.82, 2.24) is 0 Å². The van der Waals surface area contributed by atoms with Crippen LogP contribution in [0.4, 0.5) is 0 Å². The molecule has 0 radical (unpaired) electrons. The molecule has 0 amide bonds. The molecule has 218 valence electrons. The first-order valence-corrected chi connectivity index (χ1v) is 15.8. The molecule has 1 aliphatic rings. The molecule has 3 heteroatoms. The number of hydrogen-bond donors (Lipinski definition) is 0. The van der Waals surface area contributed by atoms with Crippen LogP contribution in [0.25, 0.3) is 65.7 Å². The first kappa shape index (κ1) is 27.8. The first-order valence-electron chi connectivity index (χ1n) is 15.8. The van der Waals surface area contributed by atoms with Crippen LogP contribution in [0.5, 0.6) is 0 Å². The zero-order chi connectivity index (χ0) is 30.8. The van der Waals surface area contributed by atoms with E-state index in [4.69, 9.17) is 9.31 Å². The Morgan fingerprint density at radius 2 is 0.933 bits per heavy atom. The first-order chi connectivity index (χ1) is 21.7. The second-order valence-electron chi connectivity index (χ2n) is 13.3. The van der Waals surface area contributed by atoms with Gasteiger partial charge < -0.3 is 9.31 Å². The van der Waals surface area contributed by atoms with Crippen LogP contribution in [-0.4, -0.2) is 18.3 Å². The highest BCUT2D eigenvalue weighted by Crippen LogP contribution is 2.37. The molecule has 1 heterocycles. The number of fused-ring (bicyclic) bond motifs is 3. The summed E-state index contributed by atoms with van der Waals surface area (Å²) in [6.07, 6.45) is 0. The normalized spacial score (nSPS) is 15.7. The Bertz CT molecular complexity index is 2230. The van der Waals surface area contributed by atoms with Gasteiger partial charge in [0, 0.05) is 0 Å². The number of rotatable bonds is 4. The van der Waals surface area contributed by atoms with Crippen LogP contribution in [-0.2, 0) is 9.31 Å². The molecule has 0 atom stereocenters. The van der Waals surface area contributed by atoms with Gasteiger partial charge in [-0.2, -0.15) is 0 Å². The maximum atomic E-state index is 6.33. The molecule has 1 saturated heterocycles. The molecule has 0 unspecified atom stereocenters. The largest absolute Gasteiger partial charge is 0.494 e. The van der Waals surface area contributed by atoms with Gasteiger partial charge in [-0.15, -0.1) is 0 Å². The lowest BCUT2D eigenvalue weighted by atomic mass is 9.78. The van der Waals surface area contributed by atoms with E-state index >= 15 is 0 Å². The summed E-state index contributed by atoms with van der Waals surface area (Å²) >= 11 is 0. The summed E-state index contributed by atoms with van der Waals surface area (Å²) in [5.41, 5.74) is 7.67. The van der Waals surface area contributed by atoms with Crippen molar-refractivity contribution in [3.63, 3.8) is 0 Å². The van der Waals surface area contributed by atoms with Crippen molar-refractivity contribution >= 4 is 44.9 Å². The highest BCUT2D eigenvalue weighted by atomic mass is 16.7. The molecule has 8 rings (SSSR count). The van der Waals surface area contributed by atoms with E-state index in [1.807, 2.05) is 0 Å². The predicted octanol–water partition coefficient (Wildman–Crippen LogP) is 10.4. The van der Waals surface area contributed by atoms with E-state index in [0.717, 1.165) is 5.46 Å². The third kappa shape index (κ3) is 4.93. The van der Waals surface area contributed by atoms with Crippen LogP contribution in [0.3, 0.4) is 0 Å². The highest BCUT2D eigenvalue weighted by molar-refractivity contribution is 6.62. The van der Waals surface area contributed by atoms with Crippen molar-refractivity contribution in [2.24, 2.45) is 0 Å². The minimum atomic E-state index is -0.370. The van der Waals surface area contributed by atoms with Crippen molar-refractivity contribution in [2.45, 2.75) is 38.9 Å². The second kappa shape index (κ2) is 10.4. The third-order valence-corrected chi connectivity index (χ3v) is 9.86. The summed E-state index contributed by atoms with van der Waals surface area (Å²) in [7, 11) is -0.370. The maximum Gasteiger partial charge on any atom is 0.494 e. The number of benzene rings is 7. The number of hydrogen-bond acceptors (Lipinski definition) is 2. The Morgan fingerprint density at radius 1 is 0.400 bits per heavy atom. The molecular weight excluding hydrogens is 547 g/mol. The molecule has 45 heavy (non-hydrogen) atoms. The SMILES string of the molecule is CC1(C)OB(c2ccc3ccc(-c4ccc5cc(-c6cccc(-c7cccc8ccccc78)c6)ccc5c4)cc3c2)OC1(C)C. The Balaban J connectivity index is 1.10. The fourth-order valence-electron chi connectivity index (χ4n) is 6.52. The van der Waals surface area contributed by atoms with Crippen LogP contribution >= 0.6 is 0 Å². The Morgan fingerprint density at radius 3 is 1.64 bits per heavy atom. The summed E-state index contributed by atoms with van der Waals surface area (Å²) in [6, 6.07) is 50.8.